The van der Waals surface area contributed by atoms with Crippen molar-refractivity contribution in [3.05, 3.63) is 93.9 Å². The molecule has 25 heavy (non-hydrogen) atoms. The number of nitrogens with one attached hydrogen (secondary N) is 3. The molecule has 3 N–H and O–H groups in total. The number of para-hydroxylation sites is 1. The zero-order valence-corrected chi connectivity index (χ0v) is 14.0. The minimum Gasteiger partial charge on any atom is -0.355 e. The highest BCUT2D eigenvalue weighted by Gasteiger charge is 2.09. The van der Waals surface area contributed by atoms with Crippen molar-refractivity contribution in [3.8, 4) is 0 Å². The summed E-state index contributed by atoms with van der Waals surface area (Å²) in [4.78, 5) is 17.3. The molecule has 0 saturated carbocycles. The van der Waals surface area contributed by atoms with E-state index in [1.165, 1.54) is 11.1 Å². The highest BCUT2D eigenvalue weighted by atomic mass is 16.1. The Labute approximate surface area is 145 Å². The van der Waals surface area contributed by atoms with Crippen molar-refractivity contribution in [2.24, 2.45) is 0 Å². The fourth-order valence-electron chi connectivity index (χ4n) is 2.99. The number of imidazole rings is 1. The van der Waals surface area contributed by atoms with Gasteiger partial charge in [-0.3, -0.25) is 0 Å². The molecular formula is C21H19N3O. The lowest BCUT2D eigenvalue weighted by Gasteiger charge is -2.13. The summed E-state index contributed by atoms with van der Waals surface area (Å²) in [6, 6.07) is 22.6. The lowest BCUT2D eigenvalue weighted by molar-refractivity contribution is 1.19. The van der Waals surface area contributed by atoms with Gasteiger partial charge in [-0.05, 0) is 48.7 Å². The maximum absolute atomic E-state index is 11.6. The highest BCUT2D eigenvalue weighted by molar-refractivity contribution is 5.82. The zero-order chi connectivity index (χ0) is 17.2. The van der Waals surface area contributed by atoms with Gasteiger partial charge >= 0.3 is 5.69 Å². The number of H-pyrrole nitrogens is 2. The van der Waals surface area contributed by atoms with Gasteiger partial charge in [0.2, 0.25) is 0 Å². The van der Waals surface area contributed by atoms with E-state index in [-0.39, 0.29) is 5.69 Å². The summed E-state index contributed by atoms with van der Waals surface area (Å²) in [6.07, 6.45) is 0.790. The Kier molecular flexibility index (Phi) is 3.86. The molecule has 0 fully saturated rings. The molecule has 0 amide bonds. The molecular weight excluding hydrogens is 310 g/mol. The normalized spacial score (nSPS) is 10.9. The van der Waals surface area contributed by atoms with Gasteiger partial charge in [0.25, 0.3) is 0 Å². The number of aryl methyl sites for hydroxylation is 1. The predicted molar refractivity (Wildman–Crippen MR) is 103 cm³/mol. The molecule has 4 nitrogen and oxygen atoms in total. The molecule has 0 radical (unpaired) electrons. The summed E-state index contributed by atoms with van der Waals surface area (Å²) >= 11 is 0. The molecule has 0 spiro atoms. The average molecular weight is 329 g/mol. The molecule has 0 aliphatic rings. The Morgan fingerprint density at radius 3 is 2.28 bits per heavy atom. The Hall–Kier alpha value is -3.27. The van der Waals surface area contributed by atoms with Crippen molar-refractivity contribution in [1.29, 1.82) is 0 Å². The molecule has 0 saturated heterocycles. The molecule has 0 bridgehead atoms. The van der Waals surface area contributed by atoms with Crippen molar-refractivity contribution >= 4 is 22.4 Å². The number of anilines is 2. The number of hydrogen-bond acceptors (Lipinski definition) is 2. The molecule has 4 heteroatoms. The number of aromatic nitrogens is 2. The van der Waals surface area contributed by atoms with Crippen molar-refractivity contribution in [2.75, 3.05) is 5.32 Å². The Morgan fingerprint density at radius 2 is 1.56 bits per heavy atom. The first kappa shape index (κ1) is 15.3. The molecule has 0 unspecified atom stereocenters. The van der Waals surface area contributed by atoms with Crippen molar-refractivity contribution < 1.29 is 0 Å². The van der Waals surface area contributed by atoms with E-state index in [9.17, 15) is 4.79 Å². The van der Waals surface area contributed by atoms with E-state index in [1.54, 1.807) is 0 Å². The van der Waals surface area contributed by atoms with Crippen LogP contribution in [0, 0.1) is 6.92 Å². The maximum atomic E-state index is 11.6. The van der Waals surface area contributed by atoms with Gasteiger partial charge < -0.3 is 15.3 Å². The minimum atomic E-state index is -0.187. The second-order valence-corrected chi connectivity index (χ2v) is 6.29. The third kappa shape index (κ3) is 3.33. The van der Waals surface area contributed by atoms with Gasteiger partial charge in [0, 0.05) is 11.4 Å². The van der Waals surface area contributed by atoms with Crippen LogP contribution in [0.2, 0.25) is 0 Å². The number of benzene rings is 3. The molecule has 4 aromatic rings. The van der Waals surface area contributed by atoms with Crippen LogP contribution >= 0.6 is 0 Å². The summed E-state index contributed by atoms with van der Waals surface area (Å²) in [5.41, 5.74) is 7.07. The monoisotopic (exact) mass is 329 g/mol. The van der Waals surface area contributed by atoms with Crippen molar-refractivity contribution in [1.82, 2.24) is 9.97 Å². The Morgan fingerprint density at radius 1 is 0.880 bits per heavy atom. The second kappa shape index (κ2) is 6.32. The van der Waals surface area contributed by atoms with Gasteiger partial charge in [-0.2, -0.15) is 0 Å². The maximum Gasteiger partial charge on any atom is 0.323 e. The van der Waals surface area contributed by atoms with Gasteiger partial charge in [-0.15, -0.1) is 0 Å². The van der Waals surface area contributed by atoms with E-state index < -0.39 is 0 Å². The quantitative estimate of drug-likeness (QED) is 0.516. The molecule has 4 rings (SSSR count). The smallest absolute Gasteiger partial charge is 0.323 e. The topological polar surface area (TPSA) is 60.7 Å². The van der Waals surface area contributed by atoms with Gasteiger partial charge in [0.1, 0.15) is 0 Å². The van der Waals surface area contributed by atoms with Crippen molar-refractivity contribution in [2.45, 2.75) is 13.3 Å². The van der Waals surface area contributed by atoms with E-state index in [2.05, 4.69) is 46.5 Å². The van der Waals surface area contributed by atoms with Crippen LogP contribution in [0.4, 0.5) is 11.4 Å². The van der Waals surface area contributed by atoms with Gasteiger partial charge in [0.05, 0.1) is 11.0 Å². The SMILES string of the molecule is Cc1ccc(Cc2cc3[nH]c(=O)[nH]c3cc2Nc2ccccc2)cc1. The molecule has 124 valence electrons. The average Bonchev–Trinajstić information content (AvgIpc) is 2.97. The lowest BCUT2D eigenvalue weighted by atomic mass is 10.0. The van der Waals surface area contributed by atoms with E-state index in [4.69, 9.17) is 0 Å². The first-order chi connectivity index (χ1) is 12.2. The van der Waals surface area contributed by atoms with E-state index in [1.807, 2.05) is 42.5 Å². The third-order valence-corrected chi connectivity index (χ3v) is 4.31. The summed E-state index contributed by atoms with van der Waals surface area (Å²) in [6.45, 7) is 2.09. The fraction of sp³-hybridized carbons (Fsp3) is 0.0952. The number of fused-ring (bicyclic) bond motifs is 1. The van der Waals surface area contributed by atoms with E-state index in [0.717, 1.165) is 34.4 Å². The Bertz CT molecular complexity index is 1060. The van der Waals surface area contributed by atoms with Crippen LogP contribution in [-0.4, -0.2) is 9.97 Å². The Balaban J connectivity index is 1.77. The van der Waals surface area contributed by atoms with Gasteiger partial charge in [-0.1, -0.05) is 48.0 Å². The highest BCUT2D eigenvalue weighted by Crippen LogP contribution is 2.27. The summed E-state index contributed by atoms with van der Waals surface area (Å²) in [7, 11) is 0. The summed E-state index contributed by atoms with van der Waals surface area (Å²) in [5, 5.41) is 3.47. The van der Waals surface area contributed by atoms with Crippen LogP contribution in [0.3, 0.4) is 0 Å². The molecule has 0 atom stereocenters. The third-order valence-electron chi connectivity index (χ3n) is 4.31. The molecule has 3 aromatic carbocycles. The van der Waals surface area contributed by atoms with Crippen LogP contribution < -0.4 is 11.0 Å². The zero-order valence-electron chi connectivity index (χ0n) is 14.0. The first-order valence-electron chi connectivity index (χ1n) is 8.30. The summed E-state index contributed by atoms with van der Waals surface area (Å²) in [5.74, 6) is 0. The summed E-state index contributed by atoms with van der Waals surface area (Å²) < 4.78 is 0. The standard InChI is InChI=1S/C21H19N3O/c1-14-7-9-15(10-8-14)11-16-12-19-20(24-21(25)23-19)13-18(16)22-17-5-3-2-4-6-17/h2-10,12-13,22H,11H2,1H3,(H2,23,24,25). The number of aromatic amines is 2. The van der Waals surface area contributed by atoms with Crippen LogP contribution in [-0.2, 0) is 6.42 Å². The number of rotatable bonds is 4. The van der Waals surface area contributed by atoms with Crippen molar-refractivity contribution in [3.63, 3.8) is 0 Å². The van der Waals surface area contributed by atoms with Crippen LogP contribution in [0.5, 0.6) is 0 Å². The molecule has 0 aliphatic heterocycles. The van der Waals surface area contributed by atoms with E-state index >= 15 is 0 Å². The van der Waals surface area contributed by atoms with E-state index in [0.29, 0.717) is 0 Å². The minimum absolute atomic E-state index is 0.187. The lowest BCUT2D eigenvalue weighted by Crippen LogP contribution is -1.99. The van der Waals surface area contributed by atoms with Gasteiger partial charge in [0.15, 0.2) is 0 Å². The van der Waals surface area contributed by atoms with Crippen LogP contribution in [0.15, 0.2) is 71.5 Å². The molecule has 1 aromatic heterocycles. The fourth-order valence-corrected chi connectivity index (χ4v) is 2.99. The van der Waals surface area contributed by atoms with Gasteiger partial charge in [-0.25, -0.2) is 4.79 Å². The predicted octanol–water partition coefficient (Wildman–Crippen LogP) is 4.50. The molecule has 1 heterocycles. The largest absolute Gasteiger partial charge is 0.355 e. The second-order valence-electron chi connectivity index (χ2n) is 6.29. The molecule has 0 aliphatic carbocycles. The number of hydrogen-bond donors (Lipinski definition) is 3. The first-order valence-corrected chi connectivity index (χ1v) is 8.30. The van der Waals surface area contributed by atoms with Crippen LogP contribution in [0.1, 0.15) is 16.7 Å². The van der Waals surface area contributed by atoms with Crippen LogP contribution in [0.25, 0.3) is 11.0 Å².